The number of benzene rings is 9. The van der Waals surface area contributed by atoms with Crippen LogP contribution in [0.4, 0.5) is 0 Å². The van der Waals surface area contributed by atoms with Crippen molar-refractivity contribution in [3.05, 3.63) is 316 Å². The van der Waals surface area contributed by atoms with Gasteiger partial charge in [-0.1, -0.05) is 390 Å². The van der Waals surface area contributed by atoms with Gasteiger partial charge in [-0.3, -0.25) is 0 Å². The first kappa shape index (κ1) is 77.1. The second-order valence-corrected chi connectivity index (χ2v) is 38.2. The monoisotopic (exact) mass is 1330 g/mol. The summed E-state index contributed by atoms with van der Waals surface area (Å²) < 4.78 is 0. The van der Waals surface area contributed by atoms with Crippen LogP contribution in [-0.4, -0.2) is 0 Å². The molecule has 0 aromatic heterocycles. The van der Waals surface area contributed by atoms with Gasteiger partial charge in [-0.15, -0.1) is 0 Å². The van der Waals surface area contributed by atoms with E-state index in [2.05, 4.69) is 390 Å². The van der Waals surface area contributed by atoms with Gasteiger partial charge in [0.25, 0.3) is 0 Å². The zero-order valence-corrected chi connectivity index (χ0v) is 68.1. The van der Waals surface area contributed by atoms with Crippen LogP contribution >= 0.6 is 0 Å². The Morgan fingerprint density at radius 3 is 0.370 bits per heavy atom. The molecule has 0 unspecified atom stereocenters. The lowest BCUT2D eigenvalue weighted by Crippen LogP contribution is -2.20. The Morgan fingerprint density at radius 2 is 0.260 bits per heavy atom. The van der Waals surface area contributed by atoms with Crippen LogP contribution in [0.5, 0.6) is 0 Å². The average Bonchev–Trinajstić information content (AvgIpc) is 0.735. The van der Waals surface area contributed by atoms with Crippen LogP contribution in [-0.2, 0) is 32.5 Å². The Bertz CT molecular complexity index is 3600. The molecule has 100 heavy (non-hydrogen) atoms. The van der Waals surface area contributed by atoms with Crippen molar-refractivity contribution in [1.29, 1.82) is 0 Å². The largest absolute Gasteiger partial charge is 0.0587 e. The van der Waals surface area contributed by atoms with Crippen molar-refractivity contribution < 1.29 is 0 Å². The molecule has 0 heterocycles. The van der Waals surface area contributed by atoms with E-state index in [9.17, 15) is 0 Å². The van der Waals surface area contributed by atoms with Crippen molar-refractivity contribution in [2.75, 3.05) is 0 Å². The molecule has 0 N–H and O–H groups in total. The summed E-state index contributed by atoms with van der Waals surface area (Å²) in [5.41, 5.74) is 33.1. The first-order chi connectivity index (χ1) is 46.4. The maximum Gasteiger partial charge on any atom is 0.0348 e. The molecule has 9 aromatic carbocycles. The molecule has 0 saturated carbocycles. The highest BCUT2D eigenvalue weighted by molar-refractivity contribution is 5.64. The summed E-state index contributed by atoms with van der Waals surface area (Å²) >= 11 is 0. The number of hydrogen-bond donors (Lipinski definition) is 0. The smallest absolute Gasteiger partial charge is 0.0348 e. The summed E-state index contributed by atoms with van der Waals surface area (Å²) in [5, 5.41) is 0. The Labute approximate surface area is 611 Å². The van der Waals surface area contributed by atoms with E-state index >= 15 is 0 Å². The van der Waals surface area contributed by atoms with Crippen LogP contribution in [0.1, 0.15) is 400 Å². The van der Waals surface area contributed by atoms with Gasteiger partial charge < -0.3 is 0 Å². The summed E-state index contributed by atoms with van der Waals surface area (Å²) in [5.74, 6) is 1.07. The molecule has 0 aliphatic rings. The molecular weight excluding hydrogens is 1200 g/mol. The number of rotatable bonds is 18. The fourth-order valence-corrected chi connectivity index (χ4v) is 15.7. The molecule has 0 atom stereocenters. The average molecular weight is 1330 g/mol. The summed E-state index contributed by atoms with van der Waals surface area (Å²) in [6, 6.07) is 75.1. The molecule has 0 heteroatoms. The molecule has 0 spiro atoms. The molecule has 0 fully saturated rings. The van der Waals surface area contributed by atoms with Crippen molar-refractivity contribution in [2.45, 2.75) is 299 Å². The van der Waals surface area contributed by atoms with E-state index in [-0.39, 0.29) is 91.7 Å². The number of hydrogen-bond acceptors (Lipinski definition) is 0. The Hall–Kier alpha value is -7.02. The van der Waals surface area contributed by atoms with Gasteiger partial charge in [0.2, 0.25) is 0 Å². The van der Waals surface area contributed by atoms with Crippen LogP contribution in [0, 0.1) is 0 Å². The Balaban J connectivity index is 1.53. The lowest BCUT2D eigenvalue weighted by atomic mass is 9.68. The molecule has 0 aliphatic heterocycles. The molecule has 0 amide bonds. The molecule has 0 bridgehead atoms. The maximum absolute atomic E-state index is 2.79. The van der Waals surface area contributed by atoms with Gasteiger partial charge in [0.15, 0.2) is 0 Å². The first-order valence-corrected chi connectivity index (χ1v) is 38.5. The Morgan fingerprint density at radius 1 is 0.150 bits per heavy atom. The van der Waals surface area contributed by atoms with Crippen LogP contribution in [0.25, 0.3) is 0 Å². The van der Waals surface area contributed by atoms with Crippen LogP contribution in [0.15, 0.2) is 182 Å². The highest BCUT2D eigenvalue weighted by Gasteiger charge is 2.36. The van der Waals surface area contributed by atoms with Crippen LogP contribution in [0.3, 0.4) is 0 Å². The quantitative estimate of drug-likeness (QED) is 0.0751. The third-order valence-corrected chi connectivity index (χ3v) is 22.1. The van der Waals surface area contributed by atoms with Crippen molar-refractivity contribution >= 4 is 0 Å². The van der Waals surface area contributed by atoms with E-state index in [0.29, 0.717) is 0 Å². The Kier molecular flexibility index (Phi) is 22.7. The van der Waals surface area contributed by atoms with E-state index in [4.69, 9.17) is 0 Å². The van der Waals surface area contributed by atoms with Gasteiger partial charge >= 0.3 is 0 Å². The summed E-state index contributed by atoms with van der Waals surface area (Å²) in [6.45, 7) is 71.6. The SMILES string of the molecule is CC(C)c1cc(C(C)C)c(C(c2cc(C(c3ccc(C(C)(C)C)cc3)c3ccc(C(C)(C)C)cc3)c(C(C)C)cc2C(C)C)c2cc(C(c3ccc(C(C)(C)C)cc3)c3ccc(C(C)(C)C)cc3)c(C(C)C)cc2C(C)C)cc1C(c1ccc(C(C)(C)C)cc1)c1ccc(C(C)(C)C)cc1. The summed E-state index contributed by atoms with van der Waals surface area (Å²) in [6.07, 6.45) is 0. The maximum atomic E-state index is 2.79. The predicted molar refractivity (Wildman–Crippen MR) is 438 cm³/mol. The van der Waals surface area contributed by atoms with E-state index in [1.165, 1.54) is 134 Å². The minimum absolute atomic E-state index is 0.0104. The second kappa shape index (κ2) is 29.4. The van der Waals surface area contributed by atoms with Gasteiger partial charge in [0.05, 0.1) is 0 Å². The van der Waals surface area contributed by atoms with Gasteiger partial charge in [-0.05, 0) is 202 Å². The fourth-order valence-electron chi connectivity index (χ4n) is 15.7. The molecule has 530 valence electrons. The molecule has 0 saturated heterocycles. The van der Waals surface area contributed by atoms with Gasteiger partial charge in [-0.2, -0.15) is 0 Å². The third-order valence-electron chi connectivity index (χ3n) is 22.1. The summed E-state index contributed by atoms with van der Waals surface area (Å²) in [7, 11) is 0. The zero-order valence-electron chi connectivity index (χ0n) is 68.1. The minimum atomic E-state index is -0.182. The lowest BCUT2D eigenvalue weighted by Gasteiger charge is -2.35. The van der Waals surface area contributed by atoms with Crippen molar-refractivity contribution in [2.24, 2.45) is 0 Å². The van der Waals surface area contributed by atoms with Gasteiger partial charge in [0.1, 0.15) is 0 Å². The van der Waals surface area contributed by atoms with Gasteiger partial charge in [0, 0.05) is 23.7 Å². The molecular formula is C100H130. The first-order valence-electron chi connectivity index (χ1n) is 38.5. The molecule has 0 nitrogen and oxygen atoms in total. The van der Waals surface area contributed by atoms with E-state index in [1.807, 2.05) is 0 Å². The predicted octanol–water partition coefficient (Wildman–Crippen LogP) is 28.9. The molecule has 9 aromatic rings. The fraction of sp³-hybridized carbons (Fsp3) is 0.460. The molecule has 9 rings (SSSR count). The van der Waals surface area contributed by atoms with Gasteiger partial charge in [-0.25, -0.2) is 0 Å². The van der Waals surface area contributed by atoms with Crippen molar-refractivity contribution in [3.8, 4) is 0 Å². The van der Waals surface area contributed by atoms with Crippen LogP contribution < -0.4 is 0 Å². The molecule has 0 aliphatic carbocycles. The summed E-state index contributed by atoms with van der Waals surface area (Å²) in [4.78, 5) is 0. The lowest BCUT2D eigenvalue weighted by molar-refractivity contribution is 0.589. The van der Waals surface area contributed by atoms with Crippen LogP contribution in [0.2, 0.25) is 0 Å². The minimum Gasteiger partial charge on any atom is -0.0587 e. The normalized spacial score (nSPS) is 13.2. The van der Waals surface area contributed by atoms with E-state index in [0.717, 1.165) is 0 Å². The van der Waals surface area contributed by atoms with Crippen molar-refractivity contribution in [1.82, 2.24) is 0 Å². The standard InChI is InChI=1S/C100H130/c1-61(2)79-55-82(64(7)8)88(58-85(79)91(67-31-43-73(44-32-67)95(13,14)15)68-33-45-74(46-34-68)96(16,17)18)94(89-59-86(80(62(3)4)56-83(89)65(9)10)92(69-35-47-75(48-36-69)97(19,20)21)70-37-49-76(50-38-70)98(22,23)24)90-60-87(81(63(5)6)57-84(90)66(11)12)93(71-39-51-77(52-40-71)99(25,26)27)72-41-53-78(54-42-72)100(28,29)30/h31-66,91-94H,1-30H3. The molecule has 0 radical (unpaired) electrons. The zero-order chi connectivity index (χ0) is 73.8. The highest BCUT2D eigenvalue weighted by atomic mass is 14.4. The van der Waals surface area contributed by atoms with E-state index in [1.54, 1.807) is 0 Å². The van der Waals surface area contributed by atoms with Crippen molar-refractivity contribution in [3.63, 3.8) is 0 Å². The third kappa shape index (κ3) is 16.9. The van der Waals surface area contributed by atoms with E-state index < -0.39 is 0 Å². The second-order valence-electron chi connectivity index (χ2n) is 38.2. The topological polar surface area (TPSA) is 0 Å². The highest BCUT2D eigenvalue weighted by Crippen LogP contribution is 2.52.